The van der Waals surface area contributed by atoms with Crippen molar-refractivity contribution < 1.29 is 18.8 Å². The lowest BCUT2D eigenvalue weighted by Crippen LogP contribution is -2.35. The summed E-state index contributed by atoms with van der Waals surface area (Å²) in [4.78, 5) is 16.7. The third-order valence-corrected chi connectivity index (χ3v) is 4.63. The van der Waals surface area contributed by atoms with Crippen LogP contribution in [-0.4, -0.2) is 29.3 Å². The lowest BCUT2D eigenvalue weighted by molar-refractivity contribution is -0.127. The number of nitrogens with one attached hydrogen (secondary N) is 1. The zero-order chi connectivity index (χ0) is 20.9. The van der Waals surface area contributed by atoms with Gasteiger partial charge in [0.05, 0.1) is 13.7 Å². The number of benzene rings is 3. The molecule has 1 amide bonds. The number of carbonyl (C=O) groups excluding carboxylic acids is 1. The number of methoxy groups -OCH3 is 1. The number of ether oxygens (including phenoxy) is 2. The Labute approximate surface area is 173 Å². The minimum atomic E-state index is -0.671. The summed E-state index contributed by atoms with van der Waals surface area (Å²) in [5.41, 5.74) is 0.796. The zero-order valence-electron chi connectivity index (χ0n) is 16.7. The van der Waals surface area contributed by atoms with Gasteiger partial charge in [0, 0.05) is 5.56 Å². The van der Waals surface area contributed by atoms with Gasteiger partial charge in [-0.25, -0.2) is 0 Å². The Morgan fingerprint density at radius 3 is 2.53 bits per heavy atom. The van der Waals surface area contributed by atoms with Gasteiger partial charge in [-0.2, -0.15) is 4.98 Å². The van der Waals surface area contributed by atoms with Gasteiger partial charge in [0.25, 0.3) is 5.91 Å². The van der Waals surface area contributed by atoms with Gasteiger partial charge < -0.3 is 19.3 Å². The van der Waals surface area contributed by atoms with E-state index in [-0.39, 0.29) is 12.5 Å². The van der Waals surface area contributed by atoms with Crippen molar-refractivity contribution in [3.63, 3.8) is 0 Å². The molecule has 0 aliphatic rings. The van der Waals surface area contributed by atoms with Crippen molar-refractivity contribution in [2.24, 2.45) is 0 Å². The maximum absolute atomic E-state index is 12.4. The second kappa shape index (κ2) is 8.65. The average Bonchev–Trinajstić information content (AvgIpc) is 3.26. The van der Waals surface area contributed by atoms with E-state index in [1.54, 1.807) is 14.0 Å². The molecule has 1 aromatic heterocycles. The lowest BCUT2D eigenvalue weighted by Gasteiger charge is -2.14. The van der Waals surface area contributed by atoms with Crippen molar-refractivity contribution in [2.45, 2.75) is 19.6 Å². The minimum absolute atomic E-state index is 0.118. The van der Waals surface area contributed by atoms with Crippen LogP contribution >= 0.6 is 0 Å². The van der Waals surface area contributed by atoms with E-state index in [2.05, 4.69) is 15.5 Å². The van der Waals surface area contributed by atoms with Gasteiger partial charge in [-0.05, 0) is 54.1 Å². The van der Waals surface area contributed by atoms with E-state index in [1.165, 1.54) is 0 Å². The summed E-state index contributed by atoms with van der Waals surface area (Å²) in [6.07, 6.45) is -0.671. The predicted octanol–water partition coefficient (Wildman–Crippen LogP) is 3.98. The minimum Gasteiger partial charge on any atom is -0.497 e. The first kappa shape index (κ1) is 19.4. The summed E-state index contributed by atoms with van der Waals surface area (Å²) in [6, 6.07) is 21.0. The number of carbonyl (C=O) groups is 1. The summed E-state index contributed by atoms with van der Waals surface area (Å²) in [7, 11) is 1.61. The van der Waals surface area contributed by atoms with Crippen LogP contribution in [0.15, 0.2) is 71.3 Å². The molecule has 0 aliphatic carbocycles. The van der Waals surface area contributed by atoms with Crippen LogP contribution in [0.1, 0.15) is 12.8 Å². The number of aromatic nitrogens is 2. The van der Waals surface area contributed by atoms with Crippen LogP contribution in [0.3, 0.4) is 0 Å². The van der Waals surface area contributed by atoms with Crippen LogP contribution in [0.4, 0.5) is 0 Å². The molecule has 0 bridgehead atoms. The van der Waals surface area contributed by atoms with Crippen LogP contribution in [-0.2, 0) is 11.3 Å². The first-order valence-corrected chi connectivity index (χ1v) is 9.52. The van der Waals surface area contributed by atoms with Crippen molar-refractivity contribution in [1.82, 2.24) is 15.5 Å². The highest BCUT2D eigenvalue weighted by Crippen LogP contribution is 2.22. The molecule has 0 saturated carbocycles. The molecule has 1 atom stereocenters. The second-order valence-corrected chi connectivity index (χ2v) is 6.73. The van der Waals surface area contributed by atoms with Crippen LogP contribution < -0.4 is 14.8 Å². The number of hydrogen-bond acceptors (Lipinski definition) is 6. The van der Waals surface area contributed by atoms with E-state index in [4.69, 9.17) is 14.0 Å². The summed E-state index contributed by atoms with van der Waals surface area (Å²) in [5.74, 6) is 1.87. The van der Waals surface area contributed by atoms with Crippen molar-refractivity contribution >= 4 is 16.7 Å². The molecule has 152 valence electrons. The molecule has 30 heavy (non-hydrogen) atoms. The van der Waals surface area contributed by atoms with Crippen LogP contribution in [0.2, 0.25) is 0 Å². The van der Waals surface area contributed by atoms with Crippen LogP contribution in [0.5, 0.6) is 11.5 Å². The normalized spacial score (nSPS) is 11.8. The molecule has 1 heterocycles. The summed E-state index contributed by atoms with van der Waals surface area (Å²) >= 11 is 0. The van der Waals surface area contributed by atoms with E-state index in [1.807, 2.05) is 66.7 Å². The van der Waals surface area contributed by atoms with E-state index < -0.39 is 6.10 Å². The number of hydrogen-bond donors (Lipinski definition) is 1. The standard InChI is InChI=1S/C23H21N3O4/c1-15(29-20-12-7-16-5-3-4-6-18(16)13-20)23(27)24-14-21-25-22(26-30-21)17-8-10-19(28-2)11-9-17/h3-13,15H,14H2,1-2H3,(H,24,27)/t15-/m1/s1. The van der Waals surface area contributed by atoms with Gasteiger partial charge in [0.1, 0.15) is 11.5 Å². The lowest BCUT2D eigenvalue weighted by atomic mass is 10.1. The van der Waals surface area contributed by atoms with Crippen LogP contribution in [0.25, 0.3) is 22.2 Å². The summed E-state index contributed by atoms with van der Waals surface area (Å²) < 4.78 is 16.1. The van der Waals surface area contributed by atoms with E-state index in [0.717, 1.165) is 22.1 Å². The van der Waals surface area contributed by atoms with E-state index >= 15 is 0 Å². The first-order valence-electron chi connectivity index (χ1n) is 9.52. The highest BCUT2D eigenvalue weighted by Gasteiger charge is 2.16. The Bertz CT molecular complexity index is 1150. The van der Waals surface area contributed by atoms with Crippen molar-refractivity contribution in [3.8, 4) is 22.9 Å². The molecule has 0 saturated heterocycles. The topological polar surface area (TPSA) is 86.5 Å². The molecule has 1 N–H and O–H groups in total. The average molecular weight is 403 g/mol. The first-order chi connectivity index (χ1) is 14.6. The molecule has 4 aromatic rings. The molecule has 7 heteroatoms. The third kappa shape index (κ3) is 4.41. The highest BCUT2D eigenvalue weighted by atomic mass is 16.5. The fraction of sp³-hybridized carbons (Fsp3) is 0.174. The number of nitrogens with zero attached hydrogens (tertiary/aromatic N) is 2. The fourth-order valence-corrected chi connectivity index (χ4v) is 2.99. The van der Waals surface area contributed by atoms with Gasteiger partial charge in [-0.3, -0.25) is 4.79 Å². The molecular weight excluding hydrogens is 382 g/mol. The highest BCUT2D eigenvalue weighted by molar-refractivity contribution is 5.84. The van der Waals surface area contributed by atoms with E-state index in [0.29, 0.717) is 17.5 Å². The Morgan fingerprint density at radius 1 is 1.03 bits per heavy atom. The van der Waals surface area contributed by atoms with Crippen LogP contribution in [0, 0.1) is 0 Å². The Morgan fingerprint density at radius 2 is 1.77 bits per heavy atom. The molecular formula is C23H21N3O4. The maximum Gasteiger partial charge on any atom is 0.261 e. The van der Waals surface area contributed by atoms with Gasteiger partial charge in [-0.1, -0.05) is 35.5 Å². The van der Waals surface area contributed by atoms with Gasteiger partial charge in [-0.15, -0.1) is 0 Å². The maximum atomic E-state index is 12.4. The molecule has 0 fully saturated rings. The number of amides is 1. The van der Waals surface area contributed by atoms with Crippen molar-refractivity contribution in [2.75, 3.05) is 7.11 Å². The second-order valence-electron chi connectivity index (χ2n) is 6.73. The van der Waals surface area contributed by atoms with Gasteiger partial charge >= 0.3 is 0 Å². The van der Waals surface area contributed by atoms with Crippen molar-refractivity contribution in [1.29, 1.82) is 0 Å². The molecule has 0 aliphatic heterocycles. The quantitative estimate of drug-likeness (QED) is 0.502. The van der Waals surface area contributed by atoms with Crippen molar-refractivity contribution in [3.05, 3.63) is 72.6 Å². The predicted molar refractivity (Wildman–Crippen MR) is 112 cm³/mol. The Kier molecular flexibility index (Phi) is 5.61. The fourth-order valence-electron chi connectivity index (χ4n) is 2.99. The number of fused-ring (bicyclic) bond motifs is 1. The Hall–Kier alpha value is -3.87. The summed E-state index contributed by atoms with van der Waals surface area (Å²) in [5, 5.41) is 8.88. The third-order valence-electron chi connectivity index (χ3n) is 4.63. The monoisotopic (exact) mass is 403 g/mol. The number of rotatable bonds is 7. The molecule has 0 radical (unpaired) electrons. The SMILES string of the molecule is COc1ccc(-c2noc(CNC(=O)[C@@H](C)Oc3ccc4ccccc4c3)n2)cc1. The largest absolute Gasteiger partial charge is 0.497 e. The molecule has 0 unspecified atom stereocenters. The molecule has 4 rings (SSSR count). The molecule has 7 nitrogen and oxygen atoms in total. The molecule has 0 spiro atoms. The summed E-state index contributed by atoms with van der Waals surface area (Å²) in [6.45, 7) is 1.81. The zero-order valence-corrected chi connectivity index (χ0v) is 16.7. The Balaban J connectivity index is 1.34. The molecule has 3 aromatic carbocycles. The van der Waals surface area contributed by atoms with Gasteiger partial charge in [0.15, 0.2) is 6.10 Å². The van der Waals surface area contributed by atoms with Gasteiger partial charge in [0.2, 0.25) is 11.7 Å². The smallest absolute Gasteiger partial charge is 0.261 e. The van der Waals surface area contributed by atoms with E-state index in [9.17, 15) is 4.79 Å².